The van der Waals surface area contributed by atoms with Gasteiger partial charge in [0.15, 0.2) is 0 Å². The molecule has 28 heavy (non-hydrogen) atoms. The van der Waals surface area contributed by atoms with Crippen molar-refractivity contribution in [3.8, 4) is 16.9 Å². The number of carbonyl (C=O) groups excluding carboxylic acids is 1. The number of hydrogen-bond donors (Lipinski definition) is 3. The molecule has 0 saturated carbocycles. The minimum Gasteiger partial charge on any atom is -0.508 e. The predicted octanol–water partition coefficient (Wildman–Crippen LogP) is 5.12. The van der Waals surface area contributed by atoms with Crippen LogP contribution in [-0.2, 0) is 10.9 Å². The molecule has 0 heterocycles. The number of amides is 1. The number of carboxylic acid groups (broad SMARTS) is 1. The Balaban J connectivity index is 2.44. The number of hydrogen-bond acceptors (Lipinski definition) is 4. The van der Waals surface area contributed by atoms with Gasteiger partial charge in [0.1, 0.15) is 11.4 Å². The van der Waals surface area contributed by atoms with Crippen molar-refractivity contribution in [1.82, 2.24) is 0 Å². The summed E-state index contributed by atoms with van der Waals surface area (Å²) in [5, 5.41) is 21.3. The zero-order chi connectivity index (χ0) is 21.3. The van der Waals surface area contributed by atoms with Crippen LogP contribution in [0.1, 0.15) is 36.7 Å². The van der Waals surface area contributed by atoms with E-state index in [4.69, 9.17) is 4.74 Å². The van der Waals surface area contributed by atoms with Crippen LogP contribution < -0.4 is 5.32 Å². The highest BCUT2D eigenvalue weighted by atomic mass is 19.4. The summed E-state index contributed by atoms with van der Waals surface area (Å²) in [7, 11) is 0. The number of nitrogens with one attached hydrogen (secondary N) is 1. The normalized spacial score (nSPS) is 11.8. The predicted molar refractivity (Wildman–Crippen MR) is 95.4 cm³/mol. The van der Waals surface area contributed by atoms with Crippen LogP contribution in [0.5, 0.6) is 5.75 Å². The number of phenols is 1. The van der Waals surface area contributed by atoms with Crippen LogP contribution in [0.3, 0.4) is 0 Å². The van der Waals surface area contributed by atoms with Crippen molar-refractivity contribution in [3.63, 3.8) is 0 Å². The number of aromatic hydroxyl groups is 1. The second-order valence-corrected chi connectivity index (χ2v) is 6.96. The lowest BCUT2D eigenvalue weighted by atomic mass is 9.99. The molecule has 2 aromatic carbocycles. The Bertz CT molecular complexity index is 917. The van der Waals surface area contributed by atoms with Crippen LogP contribution in [0.15, 0.2) is 36.4 Å². The first-order valence-electron chi connectivity index (χ1n) is 8.05. The van der Waals surface area contributed by atoms with Crippen LogP contribution in [0.4, 0.5) is 23.7 Å². The minimum absolute atomic E-state index is 0.0290. The molecule has 3 N–H and O–H groups in total. The molecule has 0 fully saturated rings. The number of ether oxygens (including phenoxy) is 1. The van der Waals surface area contributed by atoms with E-state index in [1.54, 1.807) is 20.8 Å². The van der Waals surface area contributed by atoms with E-state index in [2.05, 4.69) is 5.32 Å². The third-order valence-corrected chi connectivity index (χ3v) is 3.46. The van der Waals surface area contributed by atoms with Gasteiger partial charge in [-0.3, -0.25) is 5.32 Å². The summed E-state index contributed by atoms with van der Waals surface area (Å²) in [4.78, 5) is 23.4. The fourth-order valence-electron chi connectivity index (χ4n) is 2.36. The average Bonchev–Trinajstić information content (AvgIpc) is 2.51. The molecular formula is C19H18F3NO5. The second-order valence-electron chi connectivity index (χ2n) is 6.96. The van der Waals surface area contributed by atoms with Gasteiger partial charge in [-0.2, -0.15) is 13.2 Å². The molecule has 0 radical (unpaired) electrons. The van der Waals surface area contributed by atoms with Crippen molar-refractivity contribution in [3.05, 3.63) is 47.5 Å². The first-order chi connectivity index (χ1) is 12.8. The van der Waals surface area contributed by atoms with E-state index in [9.17, 15) is 33.0 Å². The van der Waals surface area contributed by atoms with Crippen molar-refractivity contribution in [1.29, 1.82) is 0 Å². The molecule has 0 unspecified atom stereocenters. The lowest BCUT2D eigenvalue weighted by molar-refractivity contribution is -0.137. The van der Waals surface area contributed by atoms with E-state index in [1.165, 1.54) is 12.1 Å². The highest BCUT2D eigenvalue weighted by Gasteiger charge is 2.31. The standard InChI is InChI=1S/C19H18F3NO5/c1-18(2,3)28-17(27)23-15-5-4-10(8-14(15)16(25)26)11-6-12(19(20,21)22)9-13(24)7-11/h4-9,24H,1-3H3,(H,23,27)(H,25,26). The molecule has 0 aliphatic rings. The molecule has 0 aliphatic heterocycles. The number of phenolic OH excluding ortho intramolecular Hbond substituents is 1. The van der Waals surface area contributed by atoms with Crippen LogP contribution in [0.2, 0.25) is 0 Å². The Morgan fingerprint density at radius 2 is 1.64 bits per heavy atom. The van der Waals surface area contributed by atoms with Crippen molar-refractivity contribution >= 4 is 17.7 Å². The average molecular weight is 397 g/mol. The SMILES string of the molecule is CC(C)(C)OC(=O)Nc1ccc(-c2cc(O)cc(C(F)(F)F)c2)cc1C(=O)O. The molecule has 1 amide bonds. The number of carboxylic acids is 1. The van der Waals surface area contributed by atoms with Crippen LogP contribution in [-0.4, -0.2) is 27.9 Å². The Hall–Kier alpha value is -3.23. The van der Waals surface area contributed by atoms with E-state index in [0.29, 0.717) is 6.07 Å². The third-order valence-electron chi connectivity index (χ3n) is 3.46. The number of benzene rings is 2. The quantitative estimate of drug-likeness (QED) is 0.668. The number of anilines is 1. The number of carbonyl (C=O) groups is 2. The lowest BCUT2D eigenvalue weighted by Gasteiger charge is -2.20. The van der Waals surface area contributed by atoms with Gasteiger partial charge in [0.25, 0.3) is 0 Å². The zero-order valence-corrected chi connectivity index (χ0v) is 15.2. The van der Waals surface area contributed by atoms with Gasteiger partial charge in [-0.15, -0.1) is 0 Å². The second kappa shape index (κ2) is 7.41. The fraction of sp³-hybridized carbons (Fsp3) is 0.263. The Morgan fingerprint density at radius 3 is 2.18 bits per heavy atom. The Kier molecular flexibility index (Phi) is 5.58. The summed E-state index contributed by atoms with van der Waals surface area (Å²) >= 11 is 0. The topological polar surface area (TPSA) is 95.9 Å². The summed E-state index contributed by atoms with van der Waals surface area (Å²) in [6.45, 7) is 4.90. The molecule has 0 atom stereocenters. The van der Waals surface area contributed by atoms with Crippen molar-refractivity contribution in [2.75, 3.05) is 5.32 Å². The molecule has 2 rings (SSSR count). The molecular weight excluding hydrogens is 379 g/mol. The first kappa shape index (κ1) is 21.1. The van der Waals surface area contributed by atoms with E-state index in [-0.39, 0.29) is 22.4 Å². The van der Waals surface area contributed by atoms with Crippen LogP contribution in [0.25, 0.3) is 11.1 Å². The van der Waals surface area contributed by atoms with Crippen LogP contribution in [0, 0.1) is 0 Å². The van der Waals surface area contributed by atoms with E-state index < -0.39 is 35.2 Å². The minimum atomic E-state index is -4.68. The summed E-state index contributed by atoms with van der Waals surface area (Å²) in [5.74, 6) is -2.01. The van der Waals surface area contributed by atoms with Gasteiger partial charge in [-0.05, 0) is 62.2 Å². The van der Waals surface area contributed by atoms with Gasteiger partial charge in [-0.25, -0.2) is 9.59 Å². The molecule has 0 spiro atoms. The number of rotatable bonds is 3. The number of halogens is 3. The molecule has 150 valence electrons. The van der Waals surface area contributed by atoms with Gasteiger partial charge in [0, 0.05) is 0 Å². The van der Waals surface area contributed by atoms with Crippen molar-refractivity contribution in [2.24, 2.45) is 0 Å². The zero-order valence-electron chi connectivity index (χ0n) is 15.2. The fourth-order valence-corrected chi connectivity index (χ4v) is 2.36. The monoisotopic (exact) mass is 397 g/mol. The smallest absolute Gasteiger partial charge is 0.416 e. The Labute approximate surface area is 158 Å². The van der Waals surface area contributed by atoms with Crippen molar-refractivity contribution in [2.45, 2.75) is 32.5 Å². The highest BCUT2D eigenvalue weighted by Crippen LogP contribution is 2.36. The van der Waals surface area contributed by atoms with Gasteiger partial charge >= 0.3 is 18.2 Å². The molecule has 0 bridgehead atoms. The van der Waals surface area contributed by atoms with Gasteiger partial charge in [0.05, 0.1) is 16.8 Å². The molecule has 6 nitrogen and oxygen atoms in total. The summed E-state index contributed by atoms with van der Waals surface area (Å²) < 4.78 is 43.9. The molecule has 0 aliphatic carbocycles. The summed E-state index contributed by atoms with van der Waals surface area (Å²) in [5.41, 5.74) is -2.22. The third kappa shape index (κ3) is 5.38. The molecule has 9 heteroatoms. The van der Waals surface area contributed by atoms with Gasteiger partial charge in [-0.1, -0.05) is 6.07 Å². The number of aromatic carboxylic acids is 1. The summed E-state index contributed by atoms with van der Waals surface area (Å²) in [6.07, 6.45) is -5.55. The molecule has 0 saturated heterocycles. The maximum absolute atomic E-state index is 12.9. The van der Waals surface area contributed by atoms with Gasteiger partial charge in [0.2, 0.25) is 0 Å². The maximum atomic E-state index is 12.9. The lowest BCUT2D eigenvalue weighted by Crippen LogP contribution is -2.27. The van der Waals surface area contributed by atoms with E-state index in [1.807, 2.05) is 0 Å². The van der Waals surface area contributed by atoms with Gasteiger partial charge < -0.3 is 14.9 Å². The Morgan fingerprint density at radius 1 is 1.00 bits per heavy atom. The van der Waals surface area contributed by atoms with Crippen molar-refractivity contribution < 1.29 is 37.7 Å². The first-order valence-corrected chi connectivity index (χ1v) is 8.05. The molecule has 2 aromatic rings. The number of alkyl halides is 3. The van der Waals surface area contributed by atoms with E-state index in [0.717, 1.165) is 18.2 Å². The van der Waals surface area contributed by atoms with E-state index >= 15 is 0 Å². The molecule has 0 aromatic heterocycles. The van der Waals surface area contributed by atoms with Crippen LogP contribution >= 0.6 is 0 Å². The highest BCUT2D eigenvalue weighted by molar-refractivity contribution is 6.00. The maximum Gasteiger partial charge on any atom is 0.416 e. The summed E-state index contributed by atoms with van der Waals surface area (Å²) in [6, 6.07) is 6.11. The largest absolute Gasteiger partial charge is 0.508 e.